The molecule has 0 fully saturated rings. The van der Waals surface area contributed by atoms with Gasteiger partial charge in [0.25, 0.3) is 0 Å². The number of hydrogen-bond acceptors (Lipinski definition) is 3. The van der Waals surface area contributed by atoms with Gasteiger partial charge in [-0.1, -0.05) is 12.2 Å². The Balaban J connectivity index is 3.12. The van der Waals surface area contributed by atoms with Gasteiger partial charge in [0, 0.05) is 25.9 Å². The average molecular weight is 216 g/mol. The summed E-state index contributed by atoms with van der Waals surface area (Å²) in [6.45, 7) is 3.86. The van der Waals surface area contributed by atoms with Gasteiger partial charge in [-0.15, -0.1) is 0 Å². The van der Waals surface area contributed by atoms with Crippen molar-refractivity contribution in [1.82, 2.24) is 0 Å². The lowest BCUT2D eigenvalue weighted by atomic mass is 10.1. The van der Waals surface area contributed by atoms with Gasteiger partial charge in [0.1, 0.15) is 5.70 Å². The van der Waals surface area contributed by atoms with Crippen LogP contribution in [0.5, 0.6) is 0 Å². The molecule has 84 valence electrons. The zero-order valence-electron chi connectivity index (χ0n) is 10.1. The van der Waals surface area contributed by atoms with Gasteiger partial charge >= 0.3 is 0 Å². The third-order valence-corrected chi connectivity index (χ3v) is 2.14. The summed E-state index contributed by atoms with van der Waals surface area (Å²) in [6.07, 6.45) is 7.34. The van der Waals surface area contributed by atoms with Crippen LogP contribution < -0.4 is 0 Å². The van der Waals surface area contributed by atoms with Crippen LogP contribution in [0.3, 0.4) is 0 Å². The van der Waals surface area contributed by atoms with Crippen molar-refractivity contribution in [2.45, 2.75) is 13.8 Å². The molecule has 0 aromatic rings. The lowest BCUT2D eigenvalue weighted by Crippen LogP contribution is -2.15. The van der Waals surface area contributed by atoms with Crippen LogP contribution in [0.25, 0.3) is 0 Å². The topological polar surface area (TPSA) is 49.4 Å². The molecular formula is C12H16N4. The lowest BCUT2D eigenvalue weighted by molar-refractivity contribution is 1.32. The van der Waals surface area contributed by atoms with Gasteiger partial charge in [0.15, 0.2) is 5.84 Å². The maximum atomic E-state index is 4.43. The van der Waals surface area contributed by atoms with E-state index in [9.17, 15) is 0 Å². The van der Waals surface area contributed by atoms with Crippen LogP contribution in [-0.2, 0) is 0 Å². The quantitative estimate of drug-likeness (QED) is 0.635. The van der Waals surface area contributed by atoms with Crippen molar-refractivity contribution in [3.63, 3.8) is 0 Å². The fourth-order valence-electron chi connectivity index (χ4n) is 1.32. The third-order valence-electron chi connectivity index (χ3n) is 2.14. The van der Waals surface area contributed by atoms with Crippen molar-refractivity contribution >= 4 is 24.0 Å². The molecule has 0 N–H and O–H groups in total. The fourth-order valence-corrected chi connectivity index (χ4v) is 1.32. The van der Waals surface area contributed by atoms with Crippen LogP contribution in [0.2, 0.25) is 0 Å². The number of amidine groups is 1. The van der Waals surface area contributed by atoms with E-state index in [0.717, 1.165) is 17.0 Å². The van der Waals surface area contributed by atoms with Crippen molar-refractivity contribution in [3.05, 3.63) is 23.4 Å². The summed E-state index contributed by atoms with van der Waals surface area (Å²) in [5.74, 6) is 0.656. The molecule has 1 heterocycles. The molecule has 0 amide bonds. The first-order valence-electron chi connectivity index (χ1n) is 5.11. The van der Waals surface area contributed by atoms with Gasteiger partial charge in [-0.2, -0.15) is 0 Å². The van der Waals surface area contributed by atoms with Gasteiger partial charge in [0.2, 0.25) is 0 Å². The van der Waals surface area contributed by atoms with Crippen molar-refractivity contribution in [2.75, 3.05) is 14.1 Å². The van der Waals surface area contributed by atoms with Crippen LogP contribution >= 0.6 is 0 Å². The second kappa shape index (κ2) is 5.90. The molecule has 0 aromatic carbocycles. The van der Waals surface area contributed by atoms with E-state index < -0.39 is 0 Å². The summed E-state index contributed by atoms with van der Waals surface area (Å²) in [7, 11) is 3.44. The highest BCUT2D eigenvalue weighted by Gasteiger charge is 2.12. The molecule has 0 spiro atoms. The predicted octanol–water partition coefficient (Wildman–Crippen LogP) is 2.09. The molecular weight excluding hydrogens is 200 g/mol. The zero-order chi connectivity index (χ0) is 12.0. The lowest BCUT2D eigenvalue weighted by Gasteiger charge is -2.09. The molecule has 0 bridgehead atoms. The minimum absolute atomic E-state index is 0.656. The molecule has 0 radical (unpaired) electrons. The number of allylic oxidation sites excluding steroid dienone is 3. The molecule has 0 saturated heterocycles. The molecule has 0 aliphatic carbocycles. The van der Waals surface area contributed by atoms with E-state index in [2.05, 4.69) is 20.0 Å². The first-order chi connectivity index (χ1) is 7.76. The van der Waals surface area contributed by atoms with Crippen molar-refractivity contribution < 1.29 is 0 Å². The highest BCUT2D eigenvalue weighted by Crippen LogP contribution is 2.09. The maximum Gasteiger partial charge on any atom is 0.173 e. The highest BCUT2D eigenvalue weighted by atomic mass is 15.0. The van der Waals surface area contributed by atoms with E-state index in [1.165, 1.54) is 0 Å². The van der Waals surface area contributed by atoms with Gasteiger partial charge < -0.3 is 0 Å². The smallest absolute Gasteiger partial charge is 0.173 e. The Morgan fingerprint density at radius 3 is 2.56 bits per heavy atom. The van der Waals surface area contributed by atoms with E-state index in [-0.39, 0.29) is 0 Å². The Morgan fingerprint density at radius 1 is 1.31 bits per heavy atom. The van der Waals surface area contributed by atoms with Gasteiger partial charge in [-0.25, -0.2) is 4.99 Å². The first-order valence-corrected chi connectivity index (χ1v) is 5.11. The Bertz CT molecular complexity index is 428. The van der Waals surface area contributed by atoms with E-state index in [1.807, 2.05) is 26.0 Å². The molecule has 0 unspecified atom stereocenters. The second-order valence-corrected chi connectivity index (χ2v) is 3.11. The second-order valence-electron chi connectivity index (χ2n) is 3.11. The third kappa shape index (κ3) is 2.59. The molecule has 1 aliphatic rings. The predicted molar refractivity (Wildman–Crippen MR) is 71.2 cm³/mol. The van der Waals surface area contributed by atoms with E-state index in [1.54, 1.807) is 26.5 Å². The number of hydrogen-bond donors (Lipinski definition) is 0. The molecule has 0 atom stereocenters. The molecule has 1 rings (SSSR count). The van der Waals surface area contributed by atoms with Crippen molar-refractivity contribution in [2.24, 2.45) is 20.0 Å². The number of nitrogens with zero attached hydrogens (tertiary/aromatic N) is 4. The van der Waals surface area contributed by atoms with Crippen LogP contribution in [0.15, 0.2) is 43.4 Å². The average Bonchev–Trinajstić information content (AvgIpc) is 2.35. The minimum Gasteiger partial charge on any atom is -0.296 e. The fraction of sp³-hybridized carbons (Fsp3) is 0.333. The Kier molecular flexibility index (Phi) is 4.51. The Morgan fingerprint density at radius 2 is 2.06 bits per heavy atom. The highest BCUT2D eigenvalue weighted by molar-refractivity contribution is 6.47. The molecule has 1 aliphatic heterocycles. The van der Waals surface area contributed by atoms with Crippen LogP contribution in [-0.4, -0.2) is 38.1 Å². The summed E-state index contributed by atoms with van der Waals surface area (Å²) < 4.78 is 0. The van der Waals surface area contributed by atoms with Gasteiger partial charge in [-0.3, -0.25) is 15.0 Å². The number of aliphatic imine (C=N–C) groups is 4. The van der Waals surface area contributed by atoms with Crippen molar-refractivity contribution in [1.29, 1.82) is 0 Å². The monoisotopic (exact) mass is 216 g/mol. The SMILES string of the molecule is C/C=C(\C=NC)C1=NC(=NC)/C(=C\C)N=C1. The van der Waals surface area contributed by atoms with E-state index in [0.29, 0.717) is 5.84 Å². The van der Waals surface area contributed by atoms with Crippen LogP contribution in [0.4, 0.5) is 0 Å². The molecule has 16 heavy (non-hydrogen) atoms. The molecule has 0 saturated carbocycles. The van der Waals surface area contributed by atoms with E-state index in [4.69, 9.17) is 0 Å². The summed E-state index contributed by atoms with van der Waals surface area (Å²) >= 11 is 0. The summed E-state index contributed by atoms with van der Waals surface area (Å²) in [5, 5.41) is 0. The summed E-state index contributed by atoms with van der Waals surface area (Å²) in [5.41, 5.74) is 2.54. The maximum absolute atomic E-state index is 4.43. The normalized spacial score (nSPS) is 22.2. The van der Waals surface area contributed by atoms with Crippen molar-refractivity contribution in [3.8, 4) is 0 Å². The first kappa shape index (κ1) is 12.2. The van der Waals surface area contributed by atoms with Crippen LogP contribution in [0, 0.1) is 0 Å². The Hall–Kier alpha value is -1.84. The van der Waals surface area contributed by atoms with Gasteiger partial charge in [0.05, 0.1) is 11.9 Å². The van der Waals surface area contributed by atoms with Gasteiger partial charge in [-0.05, 0) is 13.8 Å². The summed E-state index contributed by atoms with van der Waals surface area (Å²) in [6, 6.07) is 0. The zero-order valence-corrected chi connectivity index (χ0v) is 10.1. The minimum atomic E-state index is 0.656. The van der Waals surface area contributed by atoms with E-state index >= 15 is 0 Å². The Labute approximate surface area is 95.9 Å². The molecule has 0 aromatic heterocycles. The van der Waals surface area contributed by atoms with Crippen LogP contribution in [0.1, 0.15) is 13.8 Å². The standard InChI is InChI=1S/C12H16N4/c1-5-9(7-13-3)11-8-15-10(6-2)12(14-4)16-11/h5-8H,1-4H3/b9-5+,10-6+,13-7?,14-12?. The summed E-state index contributed by atoms with van der Waals surface area (Å²) in [4.78, 5) is 16.8. The molecule has 4 nitrogen and oxygen atoms in total. The molecule has 4 heteroatoms. The largest absolute Gasteiger partial charge is 0.296 e. The number of rotatable bonds is 2.